The number of nitrogens with zero attached hydrogens (tertiary/aromatic N) is 1. The minimum Gasteiger partial charge on any atom is -0.497 e. The average molecular weight is 531 g/mol. The maximum atomic E-state index is 13.5. The van der Waals surface area contributed by atoms with Crippen molar-refractivity contribution >= 4 is 28.3 Å². The van der Waals surface area contributed by atoms with E-state index in [2.05, 4.69) is 5.32 Å². The number of ether oxygens (including phenoxy) is 4. The van der Waals surface area contributed by atoms with Gasteiger partial charge >= 0.3 is 0 Å². The number of pyridine rings is 1. The quantitative estimate of drug-likeness (QED) is 0.281. The van der Waals surface area contributed by atoms with E-state index in [1.165, 1.54) is 20.4 Å². The average Bonchev–Trinajstić information content (AvgIpc) is 2.95. The van der Waals surface area contributed by atoms with Gasteiger partial charge in [0.1, 0.15) is 29.5 Å². The first-order chi connectivity index (χ1) is 18.9. The number of rotatable bonds is 11. The van der Waals surface area contributed by atoms with Crippen LogP contribution in [0.2, 0.25) is 0 Å². The largest absolute Gasteiger partial charge is 0.497 e. The Morgan fingerprint density at radius 2 is 1.49 bits per heavy atom. The highest BCUT2D eigenvalue weighted by Crippen LogP contribution is 2.29. The molecule has 1 amide bonds. The molecule has 202 valence electrons. The maximum absolute atomic E-state index is 13.5. The van der Waals surface area contributed by atoms with Crippen LogP contribution in [-0.2, 0) is 11.3 Å². The summed E-state index contributed by atoms with van der Waals surface area (Å²) in [6, 6.07) is 16.6. The van der Waals surface area contributed by atoms with Crippen LogP contribution in [0, 0.1) is 0 Å². The lowest BCUT2D eigenvalue weighted by atomic mass is 10.0. The number of anilines is 1. The minimum atomic E-state index is -0.460. The lowest BCUT2D eigenvalue weighted by molar-refractivity contribution is -0.116. The van der Waals surface area contributed by atoms with Gasteiger partial charge in [0.2, 0.25) is 11.3 Å². The van der Waals surface area contributed by atoms with Crippen LogP contribution in [0.25, 0.3) is 10.9 Å². The van der Waals surface area contributed by atoms with Gasteiger partial charge in [-0.2, -0.15) is 0 Å². The van der Waals surface area contributed by atoms with Gasteiger partial charge in [-0.05, 0) is 68.4 Å². The zero-order valence-corrected chi connectivity index (χ0v) is 22.3. The number of fused-ring (bicyclic) bond motifs is 1. The third-order valence-corrected chi connectivity index (χ3v) is 6.03. The summed E-state index contributed by atoms with van der Waals surface area (Å²) in [5.74, 6) is 1.29. The van der Waals surface area contributed by atoms with Crippen molar-refractivity contribution in [2.24, 2.45) is 0 Å². The summed E-state index contributed by atoms with van der Waals surface area (Å²) in [6.07, 6.45) is 1.43. The molecule has 0 atom stereocenters. The Kier molecular flexibility index (Phi) is 8.50. The second-order valence-electron chi connectivity index (χ2n) is 8.51. The number of methoxy groups -OCH3 is 2. The van der Waals surface area contributed by atoms with Crippen molar-refractivity contribution in [1.29, 1.82) is 0 Å². The Balaban J connectivity index is 1.74. The van der Waals surface area contributed by atoms with E-state index in [-0.39, 0.29) is 23.4 Å². The van der Waals surface area contributed by atoms with Gasteiger partial charge in [-0.25, -0.2) is 0 Å². The number of benzene rings is 3. The molecule has 1 aromatic heterocycles. The molecule has 0 saturated carbocycles. The summed E-state index contributed by atoms with van der Waals surface area (Å²) in [4.78, 5) is 40.1. The lowest BCUT2D eigenvalue weighted by Crippen LogP contribution is -2.24. The number of ketones is 1. The Morgan fingerprint density at radius 3 is 2.15 bits per heavy atom. The lowest BCUT2D eigenvalue weighted by Gasteiger charge is -2.16. The molecule has 0 unspecified atom stereocenters. The summed E-state index contributed by atoms with van der Waals surface area (Å²) in [6.45, 7) is 4.45. The van der Waals surface area contributed by atoms with Gasteiger partial charge in [0.15, 0.2) is 5.78 Å². The highest BCUT2D eigenvalue weighted by atomic mass is 16.5. The van der Waals surface area contributed by atoms with E-state index < -0.39 is 11.2 Å². The van der Waals surface area contributed by atoms with Gasteiger partial charge < -0.3 is 28.8 Å². The topological polar surface area (TPSA) is 105 Å². The van der Waals surface area contributed by atoms with E-state index in [0.29, 0.717) is 53.0 Å². The van der Waals surface area contributed by atoms with Crippen molar-refractivity contribution in [3.63, 3.8) is 0 Å². The molecule has 0 aliphatic heterocycles. The molecule has 4 aromatic rings. The van der Waals surface area contributed by atoms with Crippen LogP contribution in [0.4, 0.5) is 5.69 Å². The number of carbonyl (C=O) groups is 2. The molecule has 0 spiro atoms. The molecule has 0 aliphatic rings. The second kappa shape index (κ2) is 12.2. The van der Waals surface area contributed by atoms with Crippen molar-refractivity contribution in [2.75, 3.05) is 32.8 Å². The summed E-state index contributed by atoms with van der Waals surface area (Å²) < 4.78 is 23.2. The Hall–Kier alpha value is -4.79. The molecule has 0 aliphatic carbocycles. The number of hydrogen-bond donors (Lipinski definition) is 1. The molecule has 9 nitrogen and oxygen atoms in total. The zero-order chi connectivity index (χ0) is 27.9. The molecular formula is C30H30N2O7. The second-order valence-corrected chi connectivity index (χ2v) is 8.51. The van der Waals surface area contributed by atoms with Crippen LogP contribution in [0.1, 0.15) is 29.8 Å². The van der Waals surface area contributed by atoms with E-state index in [9.17, 15) is 14.4 Å². The summed E-state index contributed by atoms with van der Waals surface area (Å²) in [7, 11) is 3.03. The van der Waals surface area contributed by atoms with Crippen LogP contribution in [0.15, 0.2) is 71.7 Å². The normalized spacial score (nSPS) is 10.7. The number of nitrogens with one attached hydrogen (secondary N) is 1. The molecule has 39 heavy (non-hydrogen) atoms. The van der Waals surface area contributed by atoms with E-state index in [1.807, 2.05) is 13.8 Å². The minimum absolute atomic E-state index is 0.0601. The van der Waals surface area contributed by atoms with Crippen molar-refractivity contribution in [3.05, 3.63) is 88.2 Å². The molecule has 1 N–H and O–H groups in total. The van der Waals surface area contributed by atoms with Crippen molar-refractivity contribution in [1.82, 2.24) is 4.57 Å². The first-order valence-electron chi connectivity index (χ1n) is 12.5. The highest BCUT2D eigenvalue weighted by Gasteiger charge is 2.19. The van der Waals surface area contributed by atoms with Crippen LogP contribution < -0.4 is 29.7 Å². The van der Waals surface area contributed by atoms with Gasteiger partial charge in [-0.1, -0.05) is 0 Å². The highest BCUT2D eigenvalue weighted by molar-refractivity contribution is 6.10. The predicted octanol–water partition coefficient (Wildman–Crippen LogP) is 4.69. The number of amides is 1. The van der Waals surface area contributed by atoms with Crippen LogP contribution >= 0.6 is 0 Å². The van der Waals surface area contributed by atoms with Crippen LogP contribution in [-0.4, -0.2) is 43.7 Å². The van der Waals surface area contributed by atoms with Crippen LogP contribution in [0.5, 0.6) is 23.0 Å². The van der Waals surface area contributed by atoms with Gasteiger partial charge in [-0.15, -0.1) is 0 Å². The number of carbonyl (C=O) groups excluding carboxylic acids is 2. The third kappa shape index (κ3) is 6.04. The van der Waals surface area contributed by atoms with Gasteiger partial charge in [0.05, 0.1) is 49.6 Å². The molecule has 0 bridgehead atoms. The SMILES string of the molecule is CCOc1ccc(C(=O)c2cn(CC(=O)Nc3ccc(OC)cc3OC)c3ccc(OCC)cc3c2=O)cc1. The smallest absolute Gasteiger partial charge is 0.244 e. The predicted molar refractivity (Wildman–Crippen MR) is 149 cm³/mol. The summed E-state index contributed by atoms with van der Waals surface area (Å²) in [5, 5.41) is 3.10. The van der Waals surface area contributed by atoms with Crippen molar-refractivity contribution in [3.8, 4) is 23.0 Å². The Labute approximate surface area is 225 Å². The fourth-order valence-corrected chi connectivity index (χ4v) is 4.20. The summed E-state index contributed by atoms with van der Waals surface area (Å²) >= 11 is 0. The first kappa shape index (κ1) is 27.3. The molecule has 3 aromatic carbocycles. The Morgan fingerprint density at radius 1 is 0.821 bits per heavy atom. The van der Waals surface area contributed by atoms with E-state index >= 15 is 0 Å². The molecule has 9 heteroatoms. The molecule has 4 rings (SSSR count). The van der Waals surface area contributed by atoms with Gasteiger partial charge in [-0.3, -0.25) is 14.4 Å². The van der Waals surface area contributed by atoms with Gasteiger partial charge in [0.25, 0.3) is 0 Å². The molecule has 0 fully saturated rings. The fourth-order valence-electron chi connectivity index (χ4n) is 4.20. The van der Waals surface area contributed by atoms with Crippen molar-refractivity contribution in [2.45, 2.75) is 20.4 Å². The van der Waals surface area contributed by atoms with E-state index in [1.54, 1.807) is 65.2 Å². The Bertz CT molecular complexity index is 1560. The van der Waals surface area contributed by atoms with Crippen LogP contribution in [0.3, 0.4) is 0 Å². The number of hydrogen-bond acceptors (Lipinski definition) is 7. The fraction of sp³-hybridized carbons (Fsp3) is 0.233. The molecule has 0 radical (unpaired) electrons. The van der Waals surface area contributed by atoms with E-state index in [0.717, 1.165) is 0 Å². The maximum Gasteiger partial charge on any atom is 0.244 e. The monoisotopic (exact) mass is 530 g/mol. The first-order valence-corrected chi connectivity index (χ1v) is 12.5. The number of aromatic nitrogens is 1. The van der Waals surface area contributed by atoms with E-state index in [4.69, 9.17) is 18.9 Å². The summed E-state index contributed by atoms with van der Waals surface area (Å²) in [5.41, 5.74) is 0.769. The zero-order valence-electron chi connectivity index (χ0n) is 22.3. The standard InChI is InChI=1S/C30H30N2O7/c1-5-38-20-9-7-19(8-10-20)29(34)24-17-32(26-14-12-22(39-6-2)15-23(26)30(24)35)18-28(33)31-25-13-11-21(36-3)16-27(25)37-4/h7-17H,5-6,18H2,1-4H3,(H,31,33). The van der Waals surface area contributed by atoms with Gasteiger partial charge in [0, 0.05) is 17.8 Å². The molecular weight excluding hydrogens is 500 g/mol. The van der Waals surface area contributed by atoms with Crippen molar-refractivity contribution < 1.29 is 28.5 Å². The molecule has 1 heterocycles. The third-order valence-electron chi connectivity index (χ3n) is 6.03. The molecule has 0 saturated heterocycles.